The number of hydrogen-bond acceptors (Lipinski definition) is 4. The fraction of sp³-hybridized carbons (Fsp3) is 0.308. The van der Waals surface area contributed by atoms with Gasteiger partial charge in [-0.25, -0.2) is 0 Å². The van der Waals surface area contributed by atoms with E-state index in [1.807, 2.05) is 21.3 Å². The molecule has 5 rings (SSSR count). The zero-order chi connectivity index (χ0) is 22.4. The number of hydrogen-bond donors (Lipinski definition) is 0. The number of pyridine rings is 1. The summed E-state index contributed by atoms with van der Waals surface area (Å²) in [4.78, 5) is 29.2. The van der Waals surface area contributed by atoms with Crippen LogP contribution in [0, 0.1) is 6.92 Å². The van der Waals surface area contributed by atoms with Crippen molar-refractivity contribution < 1.29 is 4.79 Å². The van der Waals surface area contributed by atoms with Gasteiger partial charge in [0.2, 0.25) is 0 Å². The van der Waals surface area contributed by atoms with E-state index in [-0.39, 0.29) is 23.4 Å². The van der Waals surface area contributed by atoms with Crippen molar-refractivity contribution in [2.45, 2.75) is 49.9 Å². The molecule has 0 fully saturated rings. The van der Waals surface area contributed by atoms with E-state index in [1.54, 1.807) is 19.2 Å². The van der Waals surface area contributed by atoms with Crippen LogP contribution in [0.1, 0.15) is 59.1 Å². The van der Waals surface area contributed by atoms with Crippen LogP contribution >= 0.6 is 11.8 Å². The Morgan fingerprint density at radius 2 is 1.75 bits per heavy atom. The third-order valence-electron chi connectivity index (χ3n) is 6.73. The van der Waals surface area contributed by atoms with E-state index in [4.69, 9.17) is 0 Å². The van der Waals surface area contributed by atoms with Crippen LogP contribution in [0.3, 0.4) is 0 Å². The molecule has 1 aromatic heterocycles. The van der Waals surface area contributed by atoms with Crippen LogP contribution in [0.2, 0.25) is 0 Å². The Labute approximate surface area is 192 Å². The monoisotopic (exact) mass is 445 g/mol. The zero-order valence-electron chi connectivity index (χ0n) is 18.6. The molecule has 5 nitrogen and oxygen atoms in total. The molecule has 0 bridgehead atoms. The van der Waals surface area contributed by atoms with Crippen molar-refractivity contribution in [3.8, 4) is 0 Å². The van der Waals surface area contributed by atoms with Crippen LogP contribution in [-0.4, -0.2) is 28.2 Å². The van der Waals surface area contributed by atoms with Crippen molar-refractivity contribution in [3.63, 3.8) is 0 Å². The van der Waals surface area contributed by atoms with Gasteiger partial charge >= 0.3 is 0 Å². The summed E-state index contributed by atoms with van der Waals surface area (Å²) in [6.07, 6.45) is 2.61. The molecule has 0 aliphatic carbocycles. The first kappa shape index (κ1) is 20.9. The van der Waals surface area contributed by atoms with Gasteiger partial charge in [0, 0.05) is 34.5 Å². The molecule has 3 aromatic rings. The SMILES string of the molecule is CCC(C)N1CN(C2c3ccccc3CSc3ccccc32)n2ccc(=O)c(C)c2C1=O. The number of carbonyl (C=O) groups is 1. The van der Waals surface area contributed by atoms with Gasteiger partial charge in [-0.1, -0.05) is 49.4 Å². The van der Waals surface area contributed by atoms with Gasteiger partial charge in [0.25, 0.3) is 5.91 Å². The number of amides is 1. The minimum atomic E-state index is -0.104. The molecule has 0 saturated carbocycles. The number of rotatable bonds is 3. The second-order valence-electron chi connectivity index (χ2n) is 8.54. The highest BCUT2D eigenvalue weighted by Gasteiger charge is 2.38. The second-order valence-corrected chi connectivity index (χ2v) is 9.56. The molecule has 2 atom stereocenters. The number of benzene rings is 2. The first-order valence-electron chi connectivity index (χ1n) is 11.1. The molecule has 0 saturated heterocycles. The van der Waals surface area contributed by atoms with Crippen molar-refractivity contribution in [1.82, 2.24) is 9.58 Å². The lowest BCUT2D eigenvalue weighted by Crippen LogP contribution is -2.58. The molecular formula is C26H27N3O2S. The second kappa shape index (κ2) is 8.17. The van der Waals surface area contributed by atoms with Gasteiger partial charge in [0.1, 0.15) is 12.4 Å². The van der Waals surface area contributed by atoms with Crippen molar-refractivity contribution in [3.05, 3.63) is 99.0 Å². The molecule has 3 heterocycles. The van der Waals surface area contributed by atoms with Crippen LogP contribution in [0.4, 0.5) is 0 Å². The van der Waals surface area contributed by atoms with Crippen molar-refractivity contribution in [1.29, 1.82) is 0 Å². The van der Waals surface area contributed by atoms with Crippen molar-refractivity contribution in [2.24, 2.45) is 0 Å². The van der Waals surface area contributed by atoms with Gasteiger partial charge in [-0.15, -0.1) is 11.8 Å². The Balaban J connectivity index is 1.78. The molecule has 2 unspecified atom stereocenters. The Morgan fingerprint density at radius 1 is 1.03 bits per heavy atom. The summed E-state index contributed by atoms with van der Waals surface area (Å²) in [6.45, 7) is 6.39. The van der Waals surface area contributed by atoms with Crippen molar-refractivity contribution in [2.75, 3.05) is 11.7 Å². The molecule has 0 N–H and O–H groups in total. The lowest BCUT2D eigenvalue weighted by molar-refractivity contribution is 0.0605. The number of thioether (sulfide) groups is 1. The van der Waals surface area contributed by atoms with Gasteiger partial charge in [-0.3, -0.25) is 19.3 Å². The maximum absolute atomic E-state index is 13.5. The lowest BCUT2D eigenvalue weighted by atomic mass is 9.94. The Bertz CT molecular complexity index is 1200. The minimum Gasteiger partial charge on any atom is -0.315 e. The highest BCUT2D eigenvalue weighted by atomic mass is 32.2. The summed E-state index contributed by atoms with van der Waals surface area (Å²) in [6, 6.07) is 18.7. The van der Waals surface area contributed by atoms with Gasteiger partial charge in [-0.2, -0.15) is 0 Å². The van der Waals surface area contributed by atoms with E-state index in [2.05, 4.69) is 67.4 Å². The molecule has 1 amide bonds. The number of aromatic nitrogens is 1. The average Bonchev–Trinajstić information content (AvgIpc) is 2.98. The molecular weight excluding hydrogens is 418 g/mol. The van der Waals surface area contributed by atoms with Gasteiger partial charge in [0.05, 0.1) is 6.04 Å². The van der Waals surface area contributed by atoms with Gasteiger partial charge in [-0.05, 0) is 43.0 Å². The van der Waals surface area contributed by atoms with Crippen LogP contribution < -0.4 is 10.4 Å². The van der Waals surface area contributed by atoms with Gasteiger partial charge < -0.3 is 4.90 Å². The first-order valence-corrected chi connectivity index (χ1v) is 12.1. The summed E-state index contributed by atoms with van der Waals surface area (Å²) in [7, 11) is 0. The molecule has 2 aliphatic rings. The van der Waals surface area contributed by atoms with E-state index in [1.165, 1.54) is 21.6 Å². The maximum Gasteiger partial charge on any atom is 0.274 e. The number of fused-ring (bicyclic) bond motifs is 3. The molecule has 32 heavy (non-hydrogen) atoms. The average molecular weight is 446 g/mol. The van der Waals surface area contributed by atoms with Gasteiger partial charge in [0.15, 0.2) is 5.43 Å². The molecule has 2 aliphatic heterocycles. The lowest BCUT2D eigenvalue weighted by Gasteiger charge is -2.46. The minimum absolute atomic E-state index is 0.0686. The Morgan fingerprint density at radius 3 is 2.53 bits per heavy atom. The van der Waals surface area contributed by atoms with Crippen LogP contribution in [-0.2, 0) is 5.75 Å². The maximum atomic E-state index is 13.5. The van der Waals surface area contributed by atoms with Crippen LogP contribution in [0.25, 0.3) is 0 Å². The van der Waals surface area contributed by atoms with Crippen LogP contribution in [0.15, 0.2) is 70.5 Å². The van der Waals surface area contributed by atoms with Crippen LogP contribution in [0.5, 0.6) is 0 Å². The van der Waals surface area contributed by atoms with E-state index in [0.29, 0.717) is 17.9 Å². The summed E-state index contributed by atoms with van der Waals surface area (Å²) in [5, 5.41) is 2.25. The smallest absolute Gasteiger partial charge is 0.274 e. The molecule has 0 spiro atoms. The predicted molar refractivity (Wildman–Crippen MR) is 129 cm³/mol. The summed E-state index contributed by atoms with van der Waals surface area (Å²) < 4.78 is 1.92. The predicted octanol–water partition coefficient (Wildman–Crippen LogP) is 4.70. The third kappa shape index (κ3) is 3.25. The number of nitrogens with zero attached hydrogens (tertiary/aromatic N) is 3. The highest BCUT2D eigenvalue weighted by Crippen LogP contribution is 2.42. The van der Waals surface area contributed by atoms with Crippen molar-refractivity contribution >= 4 is 17.7 Å². The third-order valence-corrected chi connectivity index (χ3v) is 7.86. The zero-order valence-corrected chi connectivity index (χ0v) is 19.4. The number of carbonyl (C=O) groups excluding carboxylic acids is 1. The molecule has 164 valence electrons. The van der Waals surface area contributed by atoms with E-state index >= 15 is 0 Å². The quantitative estimate of drug-likeness (QED) is 0.586. The molecule has 6 heteroatoms. The molecule has 0 radical (unpaired) electrons. The van der Waals surface area contributed by atoms with E-state index in [9.17, 15) is 9.59 Å². The Hall–Kier alpha value is -2.99. The fourth-order valence-corrected chi connectivity index (χ4v) is 5.80. The Kier molecular flexibility index (Phi) is 5.33. The topological polar surface area (TPSA) is 45.5 Å². The summed E-state index contributed by atoms with van der Waals surface area (Å²) in [5.41, 5.74) is 4.63. The van der Waals surface area contributed by atoms with E-state index in [0.717, 1.165) is 12.2 Å². The molecule has 2 aromatic carbocycles. The van der Waals surface area contributed by atoms with E-state index < -0.39 is 0 Å². The first-order chi connectivity index (χ1) is 15.5. The highest BCUT2D eigenvalue weighted by molar-refractivity contribution is 7.98. The normalized spacial score (nSPS) is 18.5. The summed E-state index contributed by atoms with van der Waals surface area (Å²) in [5.74, 6) is 0.831. The largest absolute Gasteiger partial charge is 0.315 e. The summed E-state index contributed by atoms with van der Waals surface area (Å²) >= 11 is 1.85. The standard InChI is InChI=1S/C26H27N3O2S/c1-4-17(2)27-16-29(28-14-13-22(30)18(3)24(28)26(27)31)25-20-10-6-5-9-19(20)15-32-23-12-8-7-11-21(23)25/h5-14,17,25H,4,15-16H2,1-3H3. The fourth-order valence-electron chi connectivity index (χ4n) is 4.70.